The highest BCUT2D eigenvalue weighted by Gasteiger charge is 1.96. The van der Waals surface area contributed by atoms with Crippen molar-refractivity contribution in [3.8, 4) is 0 Å². The van der Waals surface area contributed by atoms with E-state index in [0.29, 0.717) is 19.6 Å². The molecule has 0 aromatic carbocycles. The van der Waals surface area contributed by atoms with Gasteiger partial charge in [0.2, 0.25) is 0 Å². The first kappa shape index (κ1) is 12.3. The molecule has 6 heteroatoms. The molecule has 18 heavy (non-hydrogen) atoms. The normalized spacial score (nSPS) is 10.4. The molecular formula is C12H14N4O2. The number of hydrogen-bond donors (Lipinski definition) is 2. The lowest BCUT2D eigenvalue weighted by Crippen LogP contribution is -2.31. The number of aromatic nitrogens is 3. The summed E-state index contributed by atoms with van der Waals surface area (Å²) in [6.45, 7) is 1.85. The van der Waals surface area contributed by atoms with Crippen LogP contribution in [-0.2, 0) is 13.1 Å². The Morgan fingerprint density at radius 3 is 2.94 bits per heavy atom. The molecule has 0 aliphatic heterocycles. The van der Waals surface area contributed by atoms with E-state index in [9.17, 15) is 9.59 Å². The van der Waals surface area contributed by atoms with Crippen LogP contribution in [0.4, 0.5) is 0 Å². The molecule has 2 aromatic heterocycles. The Kier molecular flexibility index (Phi) is 4.03. The van der Waals surface area contributed by atoms with Gasteiger partial charge in [-0.25, -0.2) is 4.79 Å². The molecule has 0 unspecified atom stereocenters. The maximum Gasteiger partial charge on any atom is 0.328 e. The van der Waals surface area contributed by atoms with E-state index in [2.05, 4.69) is 15.3 Å². The molecule has 0 spiro atoms. The molecule has 94 valence electrons. The molecule has 0 aliphatic rings. The summed E-state index contributed by atoms with van der Waals surface area (Å²) in [5.74, 6) is 0. The van der Waals surface area contributed by atoms with Crippen molar-refractivity contribution in [3.63, 3.8) is 0 Å². The molecule has 0 amide bonds. The van der Waals surface area contributed by atoms with Gasteiger partial charge in [-0.3, -0.25) is 19.3 Å². The first-order valence-corrected chi connectivity index (χ1v) is 5.65. The van der Waals surface area contributed by atoms with Crippen LogP contribution >= 0.6 is 0 Å². The Bertz CT molecular complexity index is 603. The van der Waals surface area contributed by atoms with Crippen LogP contribution in [0.2, 0.25) is 0 Å². The Balaban J connectivity index is 1.82. The van der Waals surface area contributed by atoms with Gasteiger partial charge in [0.05, 0.1) is 0 Å². The fourth-order valence-electron chi connectivity index (χ4n) is 1.56. The number of hydrogen-bond acceptors (Lipinski definition) is 4. The zero-order valence-electron chi connectivity index (χ0n) is 9.80. The minimum atomic E-state index is -0.384. The quantitative estimate of drug-likeness (QED) is 0.711. The first-order chi connectivity index (χ1) is 8.75. The summed E-state index contributed by atoms with van der Waals surface area (Å²) in [6, 6.07) is 5.19. The largest absolute Gasteiger partial charge is 0.328 e. The van der Waals surface area contributed by atoms with Crippen molar-refractivity contribution in [2.75, 3.05) is 6.54 Å². The number of pyridine rings is 1. The maximum absolute atomic E-state index is 11.4. The van der Waals surface area contributed by atoms with E-state index < -0.39 is 0 Å². The average Bonchev–Trinajstić information content (AvgIpc) is 2.38. The molecule has 0 saturated carbocycles. The zero-order valence-corrected chi connectivity index (χ0v) is 9.80. The SMILES string of the molecule is O=c1ccn(CCNCc2cccnc2)c(=O)[nH]1. The van der Waals surface area contributed by atoms with Gasteiger partial charge in [0, 0.05) is 44.3 Å². The van der Waals surface area contributed by atoms with E-state index in [1.54, 1.807) is 12.4 Å². The molecule has 0 bridgehead atoms. The third-order valence-corrected chi connectivity index (χ3v) is 2.48. The summed E-state index contributed by atoms with van der Waals surface area (Å²) >= 11 is 0. The van der Waals surface area contributed by atoms with Gasteiger partial charge < -0.3 is 5.32 Å². The van der Waals surface area contributed by atoms with E-state index in [4.69, 9.17) is 0 Å². The Morgan fingerprint density at radius 2 is 2.22 bits per heavy atom. The van der Waals surface area contributed by atoms with Gasteiger partial charge in [-0.15, -0.1) is 0 Å². The van der Waals surface area contributed by atoms with Gasteiger partial charge in [0.15, 0.2) is 0 Å². The van der Waals surface area contributed by atoms with Crippen molar-refractivity contribution in [2.24, 2.45) is 0 Å². The lowest BCUT2D eigenvalue weighted by molar-refractivity contribution is 0.573. The molecule has 0 fully saturated rings. The summed E-state index contributed by atoms with van der Waals surface area (Å²) in [4.78, 5) is 28.5. The van der Waals surface area contributed by atoms with Crippen LogP contribution in [0.5, 0.6) is 0 Å². The molecular weight excluding hydrogens is 232 g/mol. The van der Waals surface area contributed by atoms with Crippen LogP contribution < -0.4 is 16.6 Å². The Hall–Kier alpha value is -2.21. The van der Waals surface area contributed by atoms with E-state index in [1.165, 1.54) is 16.8 Å². The molecule has 2 aromatic rings. The van der Waals surface area contributed by atoms with Crippen LogP contribution in [0.3, 0.4) is 0 Å². The predicted octanol–water partition coefficient (Wildman–Crippen LogP) is -0.279. The topological polar surface area (TPSA) is 79.8 Å². The first-order valence-electron chi connectivity index (χ1n) is 5.65. The standard InChI is InChI=1S/C12H14N4O2/c17-11-3-6-16(12(18)15-11)7-5-14-9-10-2-1-4-13-8-10/h1-4,6,8,14H,5,7,9H2,(H,15,17,18). The zero-order chi connectivity index (χ0) is 12.8. The minimum absolute atomic E-state index is 0.375. The third-order valence-electron chi connectivity index (χ3n) is 2.48. The predicted molar refractivity (Wildman–Crippen MR) is 67.3 cm³/mol. The molecule has 0 radical (unpaired) electrons. The molecule has 2 heterocycles. The van der Waals surface area contributed by atoms with Crippen LogP contribution in [-0.4, -0.2) is 21.1 Å². The number of nitrogens with zero attached hydrogens (tertiary/aromatic N) is 2. The second-order valence-electron chi connectivity index (χ2n) is 3.84. The molecule has 0 saturated heterocycles. The van der Waals surface area contributed by atoms with Crippen molar-refractivity contribution < 1.29 is 0 Å². The number of rotatable bonds is 5. The smallest absolute Gasteiger partial charge is 0.311 e. The summed E-state index contributed by atoms with van der Waals surface area (Å²) in [7, 11) is 0. The van der Waals surface area contributed by atoms with Crippen molar-refractivity contribution in [2.45, 2.75) is 13.1 Å². The van der Waals surface area contributed by atoms with Crippen molar-refractivity contribution >= 4 is 0 Å². The monoisotopic (exact) mass is 246 g/mol. The van der Waals surface area contributed by atoms with Gasteiger partial charge in [-0.2, -0.15) is 0 Å². The highest BCUT2D eigenvalue weighted by Crippen LogP contribution is 1.93. The molecule has 2 rings (SSSR count). The Morgan fingerprint density at radius 1 is 1.33 bits per heavy atom. The van der Waals surface area contributed by atoms with E-state index in [-0.39, 0.29) is 11.2 Å². The van der Waals surface area contributed by atoms with E-state index >= 15 is 0 Å². The molecule has 2 N–H and O–H groups in total. The lowest BCUT2D eigenvalue weighted by Gasteiger charge is -2.06. The van der Waals surface area contributed by atoms with Crippen molar-refractivity contribution in [1.29, 1.82) is 0 Å². The molecule has 0 aliphatic carbocycles. The fraction of sp³-hybridized carbons (Fsp3) is 0.250. The summed E-state index contributed by atoms with van der Waals surface area (Å²) in [5, 5.41) is 3.20. The van der Waals surface area contributed by atoms with E-state index in [1.807, 2.05) is 12.1 Å². The molecule has 6 nitrogen and oxygen atoms in total. The fourth-order valence-corrected chi connectivity index (χ4v) is 1.56. The van der Waals surface area contributed by atoms with Crippen LogP contribution in [0.1, 0.15) is 5.56 Å². The van der Waals surface area contributed by atoms with Crippen molar-refractivity contribution in [1.82, 2.24) is 19.9 Å². The Labute approximate surface area is 103 Å². The van der Waals surface area contributed by atoms with Crippen molar-refractivity contribution in [3.05, 3.63) is 63.2 Å². The van der Waals surface area contributed by atoms with Crippen LogP contribution in [0.25, 0.3) is 0 Å². The summed E-state index contributed by atoms with van der Waals surface area (Å²) < 4.78 is 1.46. The van der Waals surface area contributed by atoms with Gasteiger partial charge in [-0.1, -0.05) is 6.07 Å². The number of nitrogens with one attached hydrogen (secondary N) is 2. The number of aromatic amines is 1. The average molecular weight is 246 g/mol. The van der Waals surface area contributed by atoms with E-state index in [0.717, 1.165) is 5.56 Å². The molecule has 0 atom stereocenters. The second-order valence-corrected chi connectivity index (χ2v) is 3.84. The highest BCUT2D eigenvalue weighted by molar-refractivity contribution is 5.07. The third kappa shape index (κ3) is 3.39. The summed E-state index contributed by atoms with van der Waals surface area (Å²) in [6.07, 6.45) is 5.01. The highest BCUT2D eigenvalue weighted by atomic mass is 16.2. The van der Waals surface area contributed by atoms with Gasteiger partial charge in [0.25, 0.3) is 5.56 Å². The summed E-state index contributed by atoms with van der Waals surface area (Å²) in [5.41, 5.74) is 0.330. The second kappa shape index (κ2) is 5.92. The minimum Gasteiger partial charge on any atom is -0.311 e. The van der Waals surface area contributed by atoms with Crippen LogP contribution in [0, 0.1) is 0 Å². The van der Waals surface area contributed by atoms with Gasteiger partial charge >= 0.3 is 5.69 Å². The lowest BCUT2D eigenvalue weighted by atomic mass is 10.3. The van der Waals surface area contributed by atoms with Gasteiger partial charge in [0.1, 0.15) is 0 Å². The van der Waals surface area contributed by atoms with Crippen LogP contribution in [0.15, 0.2) is 46.4 Å². The van der Waals surface area contributed by atoms with Gasteiger partial charge in [-0.05, 0) is 11.6 Å². The maximum atomic E-state index is 11.4. The number of H-pyrrole nitrogens is 1.